The van der Waals surface area contributed by atoms with Gasteiger partial charge in [0.2, 0.25) is 17.7 Å². The van der Waals surface area contributed by atoms with Gasteiger partial charge in [0, 0.05) is 49.9 Å². The third kappa shape index (κ3) is 10.2. The van der Waals surface area contributed by atoms with Gasteiger partial charge in [0.05, 0.1) is 12.1 Å². The molecule has 0 bridgehead atoms. The fraction of sp³-hybridized carbons (Fsp3) is 0.765. The van der Waals surface area contributed by atoms with Crippen LogP contribution < -0.4 is 32.3 Å². The van der Waals surface area contributed by atoms with Crippen molar-refractivity contribution in [2.45, 2.75) is 139 Å². The van der Waals surface area contributed by atoms with Crippen molar-refractivity contribution < 1.29 is 33.4 Å². The summed E-state index contributed by atoms with van der Waals surface area (Å²) in [5.41, 5.74) is 6.72. The standard InChI is InChI=1S/C34H53N11O7S/c1-34(2)51-28-21(50-32(29(28)52-34)45-31-27(43-44-45)30(35)39-19-40-31)17-38-25(48)13-6-4-10-15-36-23(46)12-5-3-9-16-37-24(47)14-8-7-11-22-26-20(18-53-22)41-33(49)42-26/h19-22,26,28-29,32H,3-18H2,1-2H3,(H,36,46)(H,37,47)(H,38,48)(H2,35,39,40)(H2,41,42,49)/t20-,21+,22-,26-,28+,29+,32?/m0/s1. The Kier molecular flexibility index (Phi) is 13.2. The first kappa shape index (κ1) is 38.9. The van der Waals surface area contributed by atoms with E-state index in [4.69, 9.17) is 19.9 Å². The number of nitrogens with one attached hydrogen (secondary N) is 5. The molecule has 19 heteroatoms. The molecule has 7 atom stereocenters. The van der Waals surface area contributed by atoms with Crippen LogP contribution in [0.3, 0.4) is 0 Å². The number of unbranched alkanes of at least 4 members (excludes halogenated alkanes) is 5. The van der Waals surface area contributed by atoms with Gasteiger partial charge in [0.1, 0.15) is 24.6 Å². The van der Waals surface area contributed by atoms with Crippen molar-refractivity contribution in [1.29, 1.82) is 0 Å². The molecule has 0 radical (unpaired) electrons. The van der Waals surface area contributed by atoms with E-state index in [9.17, 15) is 19.2 Å². The minimum Gasteiger partial charge on any atom is -0.382 e. The molecule has 4 saturated heterocycles. The molecule has 0 aliphatic carbocycles. The number of hydrogen-bond acceptors (Lipinski definition) is 13. The van der Waals surface area contributed by atoms with E-state index in [2.05, 4.69) is 46.9 Å². The van der Waals surface area contributed by atoms with Crippen LogP contribution in [0.4, 0.5) is 10.6 Å². The summed E-state index contributed by atoms with van der Waals surface area (Å²) in [5.74, 6) is 0.335. The second kappa shape index (κ2) is 18.0. The molecule has 6 heterocycles. The second-order valence-electron chi connectivity index (χ2n) is 14.6. The van der Waals surface area contributed by atoms with E-state index in [-0.39, 0.29) is 48.2 Å². The van der Waals surface area contributed by atoms with Crippen LogP contribution in [-0.4, -0.2) is 116 Å². The first-order chi connectivity index (χ1) is 25.6. The first-order valence-electron chi connectivity index (χ1n) is 18.9. The fourth-order valence-corrected chi connectivity index (χ4v) is 8.90. The summed E-state index contributed by atoms with van der Waals surface area (Å²) in [6, 6.07) is 0.379. The van der Waals surface area contributed by atoms with Gasteiger partial charge in [-0.3, -0.25) is 14.4 Å². The average molecular weight is 760 g/mol. The van der Waals surface area contributed by atoms with Crippen LogP contribution in [0.25, 0.3) is 11.2 Å². The van der Waals surface area contributed by atoms with Gasteiger partial charge in [-0.05, 0) is 52.4 Å². The van der Waals surface area contributed by atoms with Crippen molar-refractivity contribution in [1.82, 2.24) is 51.5 Å². The smallest absolute Gasteiger partial charge is 0.315 e. The van der Waals surface area contributed by atoms with E-state index in [1.54, 1.807) is 0 Å². The number of carbonyl (C=O) groups is 4. The quantitative estimate of drug-likeness (QED) is 0.0829. The van der Waals surface area contributed by atoms with Crippen molar-refractivity contribution in [3.8, 4) is 0 Å². The molecule has 7 N–H and O–H groups in total. The molecule has 4 fully saturated rings. The average Bonchev–Trinajstić information content (AvgIpc) is 3.93. The molecular formula is C34H53N11O7S. The number of thioether (sulfide) groups is 1. The van der Waals surface area contributed by atoms with Crippen molar-refractivity contribution >= 4 is 52.5 Å². The number of nitrogen functional groups attached to an aromatic ring is 1. The van der Waals surface area contributed by atoms with Crippen LogP contribution in [0.15, 0.2) is 6.33 Å². The number of nitrogens with two attached hydrogens (primary N) is 1. The molecule has 4 aliphatic rings. The third-order valence-corrected chi connectivity index (χ3v) is 11.6. The SMILES string of the molecule is CC1(C)O[C@@H]2[C@@H](CNC(=O)CCCCCNC(=O)CCCCCNC(=O)CCCC[C@@H]3SC[C@@H]4NC(=O)N[C@@H]43)OC(n3nnc4c(N)ncnc43)[C@@H]2O1. The lowest BCUT2D eigenvalue weighted by Crippen LogP contribution is -2.39. The highest BCUT2D eigenvalue weighted by atomic mass is 32.2. The Morgan fingerprint density at radius 2 is 1.57 bits per heavy atom. The van der Waals surface area contributed by atoms with E-state index >= 15 is 0 Å². The number of nitrogens with zero attached hydrogens (tertiary/aromatic N) is 5. The number of aromatic nitrogens is 5. The topological polar surface area (TPSA) is 239 Å². The summed E-state index contributed by atoms with van der Waals surface area (Å²) in [6.45, 7) is 5.10. The van der Waals surface area contributed by atoms with Gasteiger partial charge in [-0.1, -0.05) is 24.5 Å². The molecule has 2 aromatic heterocycles. The van der Waals surface area contributed by atoms with E-state index in [0.717, 1.165) is 57.1 Å². The summed E-state index contributed by atoms with van der Waals surface area (Å²) in [7, 11) is 0. The predicted molar refractivity (Wildman–Crippen MR) is 195 cm³/mol. The number of carbonyl (C=O) groups excluding carboxylic acids is 4. The van der Waals surface area contributed by atoms with E-state index in [0.29, 0.717) is 55.2 Å². The minimum atomic E-state index is -0.838. The van der Waals surface area contributed by atoms with Crippen LogP contribution >= 0.6 is 11.8 Å². The van der Waals surface area contributed by atoms with E-state index in [1.807, 2.05) is 25.6 Å². The zero-order chi connectivity index (χ0) is 37.4. The molecule has 0 saturated carbocycles. The number of anilines is 1. The monoisotopic (exact) mass is 759 g/mol. The highest BCUT2D eigenvalue weighted by molar-refractivity contribution is 8.00. The lowest BCUT2D eigenvalue weighted by molar-refractivity contribution is -0.197. The van der Waals surface area contributed by atoms with Gasteiger partial charge in [-0.15, -0.1) is 5.10 Å². The molecule has 18 nitrogen and oxygen atoms in total. The summed E-state index contributed by atoms with van der Waals surface area (Å²) < 4.78 is 20.1. The predicted octanol–water partition coefficient (Wildman–Crippen LogP) is 1.42. The maximum Gasteiger partial charge on any atom is 0.315 e. The van der Waals surface area contributed by atoms with Crippen molar-refractivity contribution in [2.24, 2.45) is 0 Å². The van der Waals surface area contributed by atoms with Gasteiger partial charge in [-0.2, -0.15) is 16.4 Å². The molecule has 292 valence electrons. The Bertz CT molecular complexity index is 1590. The Morgan fingerprint density at radius 3 is 2.28 bits per heavy atom. The lowest BCUT2D eigenvalue weighted by Gasteiger charge is -2.24. The van der Waals surface area contributed by atoms with E-state index in [1.165, 1.54) is 11.0 Å². The van der Waals surface area contributed by atoms with Crippen LogP contribution in [0.5, 0.6) is 0 Å². The first-order valence-corrected chi connectivity index (χ1v) is 19.9. The normalized spacial score (nSPS) is 26.9. The minimum absolute atomic E-state index is 0.0238. The lowest BCUT2D eigenvalue weighted by atomic mass is 10.0. The summed E-state index contributed by atoms with van der Waals surface area (Å²) in [4.78, 5) is 56.8. The largest absolute Gasteiger partial charge is 0.382 e. The van der Waals surface area contributed by atoms with Crippen LogP contribution in [0.2, 0.25) is 0 Å². The van der Waals surface area contributed by atoms with Crippen LogP contribution in [0.1, 0.15) is 97.1 Å². The fourth-order valence-electron chi connectivity index (χ4n) is 7.36. The zero-order valence-electron chi connectivity index (χ0n) is 30.5. The molecule has 5 amide bonds. The Balaban J connectivity index is 0.758. The molecule has 6 rings (SSSR count). The maximum absolute atomic E-state index is 12.7. The van der Waals surface area contributed by atoms with Crippen molar-refractivity contribution in [2.75, 3.05) is 31.1 Å². The molecular weight excluding hydrogens is 707 g/mol. The Hall–Kier alpha value is -3.81. The Labute approximate surface area is 312 Å². The highest BCUT2D eigenvalue weighted by Crippen LogP contribution is 2.43. The molecule has 0 aromatic carbocycles. The van der Waals surface area contributed by atoms with Gasteiger partial charge < -0.3 is 46.5 Å². The van der Waals surface area contributed by atoms with Gasteiger partial charge in [0.15, 0.2) is 29.0 Å². The van der Waals surface area contributed by atoms with Crippen LogP contribution in [-0.2, 0) is 28.6 Å². The number of urea groups is 1. The van der Waals surface area contributed by atoms with E-state index < -0.39 is 30.3 Å². The number of hydrogen-bond donors (Lipinski definition) is 6. The van der Waals surface area contributed by atoms with Gasteiger partial charge in [0.25, 0.3) is 0 Å². The third-order valence-electron chi connectivity index (χ3n) is 10.0. The second-order valence-corrected chi connectivity index (χ2v) is 15.9. The Morgan fingerprint density at radius 1 is 0.906 bits per heavy atom. The van der Waals surface area contributed by atoms with Gasteiger partial charge >= 0.3 is 6.03 Å². The number of fused-ring (bicyclic) bond motifs is 3. The van der Waals surface area contributed by atoms with Crippen LogP contribution in [0, 0.1) is 0 Å². The van der Waals surface area contributed by atoms with Crippen molar-refractivity contribution in [3.63, 3.8) is 0 Å². The number of amides is 5. The number of ether oxygens (including phenoxy) is 3. The summed E-state index contributed by atoms with van der Waals surface area (Å²) in [5, 5.41) is 23.6. The summed E-state index contributed by atoms with van der Waals surface area (Å²) in [6.07, 6.45) is 8.20. The molecule has 4 aliphatic heterocycles. The molecule has 53 heavy (non-hydrogen) atoms. The van der Waals surface area contributed by atoms with Gasteiger partial charge in [-0.25, -0.2) is 14.8 Å². The zero-order valence-corrected chi connectivity index (χ0v) is 31.3. The number of rotatable bonds is 20. The summed E-state index contributed by atoms with van der Waals surface area (Å²) >= 11 is 1.90. The van der Waals surface area contributed by atoms with Crippen molar-refractivity contribution in [3.05, 3.63) is 6.33 Å². The molecule has 1 unspecified atom stereocenters. The maximum atomic E-state index is 12.7. The molecule has 2 aromatic rings. The highest BCUT2D eigenvalue weighted by Gasteiger charge is 2.56. The molecule has 0 spiro atoms.